The molecule has 0 radical (unpaired) electrons. The average Bonchev–Trinajstić information content (AvgIpc) is 3.00. The molecule has 2 aromatic heterocycles. The summed E-state index contributed by atoms with van der Waals surface area (Å²) in [5.41, 5.74) is 0.492. The van der Waals surface area contributed by atoms with Gasteiger partial charge in [-0.3, -0.25) is 9.78 Å². The number of hydrogen-bond acceptors (Lipinski definition) is 4. The Labute approximate surface area is 139 Å². The highest BCUT2D eigenvalue weighted by Crippen LogP contribution is 2.33. The van der Waals surface area contributed by atoms with Crippen molar-refractivity contribution >= 4 is 17.5 Å². The second-order valence-corrected chi connectivity index (χ2v) is 5.52. The molecule has 0 bridgehead atoms. The summed E-state index contributed by atoms with van der Waals surface area (Å²) < 4.78 is 43.2. The largest absolute Gasteiger partial charge is 0.491 e. The molecule has 0 unspecified atom stereocenters. The summed E-state index contributed by atoms with van der Waals surface area (Å²) in [5.74, 6) is 0.107. The van der Waals surface area contributed by atoms with E-state index in [0.29, 0.717) is 12.4 Å². The summed E-state index contributed by atoms with van der Waals surface area (Å²) in [6.45, 7) is 0.734. The van der Waals surface area contributed by atoms with Gasteiger partial charge in [0.2, 0.25) is 0 Å². The molecule has 9 heteroatoms. The summed E-state index contributed by atoms with van der Waals surface area (Å²) in [6.07, 6.45) is 0.124. The van der Waals surface area contributed by atoms with Crippen molar-refractivity contribution in [2.24, 2.45) is 0 Å². The number of ether oxygens (including phenoxy) is 1. The first-order valence-corrected chi connectivity index (χ1v) is 7.33. The molecule has 0 atom stereocenters. The van der Waals surface area contributed by atoms with Crippen LogP contribution in [-0.4, -0.2) is 22.5 Å². The lowest BCUT2D eigenvalue weighted by Gasteiger charge is -2.10. The fourth-order valence-electron chi connectivity index (χ4n) is 2.38. The zero-order valence-corrected chi connectivity index (χ0v) is 12.9. The lowest BCUT2D eigenvalue weighted by Crippen LogP contribution is -2.24. The maximum absolute atomic E-state index is 12.6. The summed E-state index contributed by atoms with van der Waals surface area (Å²) in [6, 6.07) is 0.948. The Morgan fingerprint density at radius 3 is 2.83 bits per heavy atom. The second-order valence-electron chi connectivity index (χ2n) is 5.11. The smallest absolute Gasteiger partial charge is 0.434 e. The van der Waals surface area contributed by atoms with E-state index in [1.807, 2.05) is 0 Å². The van der Waals surface area contributed by atoms with Crippen molar-refractivity contribution in [1.29, 1.82) is 0 Å². The molecule has 1 aliphatic heterocycles. The minimum atomic E-state index is -4.66. The van der Waals surface area contributed by atoms with Gasteiger partial charge in [0.25, 0.3) is 5.91 Å². The molecule has 126 valence electrons. The van der Waals surface area contributed by atoms with E-state index < -0.39 is 22.8 Å². The molecule has 0 aromatic carbocycles. The molecule has 1 N–H and O–H groups in total. The lowest BCUT2D eigenvalue weighted by molar-refractivity contribution is -0.141. The highest BCUT2D eigenvalue weighted by atomic mass is 35.5. The molecule has 1 amide bonds. The summed E-state index contributed by atoms with van der Waals surface area (Å²) in [5, 5.41) is 2.00. The van der Waals surface area contributed by atoms with Gasteiger partial charge in [-0.25, -0.2) is 4.98 Å². The second kappa shape index (κ2) is 6.27. The third kappa shape index (κ3) is 3.28. The van der Waals surface area contributed by atoms with E-state index in [-0.39, 0.29) is 12.1 Å². The number of rotatable bonds is 3. The van der Waals surface area contributed by atoms with Crippen molar-refractivity contribution in [3.05, 3.63) is 52.1 Å². The van der Waals surface area contributed by atoms with Crippen molar-refractivity contribution in [2.75, 3.05) is 6.61 Å². The van der Waals surface area contributed by atoms with E-state index in [1.54, 1.807) is 12.4 Å². The molecule has 24 heavy (non-hydrogen) atoms. The number of nitrogens with one attached hydrogen (secondary N) is 1. The minimum absolute atomic E-state index is 0.0511. The Kier molecular flexibility index (Phi) is 4.31. The van der Waals surface area contributed by atoms with Crippen LogP contribution in [0, 0.1) is 0 Å². The summed E-state index contributed by atoms with van der Waals surface area (Å²) in [7, 11) is 0. The third-order valence-corrected chi connectivity index (χ3v) is 3.82. The average molecular weight is 358 g/mol. The van der Waals surface area contributed by atoms with Gasteiger partial charge in [0.05, 0.1) is 23.4 Å². The zero-order chi connectivity index (χ0) is 17.3. The molecule has 0 fully saturated rings. The molecule has 5 nitrogen and oxygen atoms in total. The van der Waals surface area contributed by atoms with E-state index in [0.717, 1.165) is 29.8 Å². The molecule has 0 spiro atoms. The Balaban J connectivity index is 1.72. The summed E-state index contributed by atoms with van der Waals surface area (Å²) >= 11 is 5.56. The van der Waals surface area contributed by atoms with E-state index in [2.05, 4.69) is 15.3 Å². The Morgan fingerprint density at radius 1 is 1.33 bits per heavy atom. The number of aromatic nitrogens is 2. The van der Waals surface area contributed by atoms with E-state index in [4.69, 9.17) is 16.3 Å². The number of halogens is 4. The predicted octanol–water partition coefficient (Wildman–Crippen LogP) is 3.01. The zero-order valence-electron chi connectivity index (χ0n) is 12.2. The maximum Gasteiger partial charge on any atom is 0.434 e. The molecular weight excluding hydrogens is 347 g/mol. The van der Waals surface area contributed by atoms with Crippen molar-refractivity contribution in [2.45, 2.75) is 19.1 Å². The fourth-order valence-corrected chi connectivity index (χ4v) is 2.65. The number of pyridine rings is 2. The van der Waals surface area contributed by atoms with Gasteiger partial charge in [-0.2, -0.15) is 13.2 Å². The number of amides is 1. The van der Waals surface area contributed by atoms with Crippen molar-refractivity contribution < 1.29 is 22.7 Å². The van der Waals surface area contributed by atoms with Crippen molar-refractivity contribution in [3.8, 4) is 5.75 Å². The van der Waals surface area contributed by atoms with Crippen LogP contribution in [0.1, 0.15) is 27.2 Å². The quantitative estimate of drug-likeness (QED) is 0.917. The first-order valence-electron chi connectivity index (χ1n) is 6.96. The van der Waals surface area contributed by atoms with Gasteiger partial charge in [-0.05, 0) is 11.6 Å². The summed E-state index contributed by atoms with van der Waals surface area (Å²) in [4.78, 5) is 19.3. The Hall–Kier alpha value is -2.35. The fraction of sp³-hybridized carbons (Fsp3) is 0.267. The van der Waals surface area contributed by atoms with Crippen LogP contribution in [0.4, 0.5) is 13.2 Å². The number of hydrogen-bond donors (Lipinski definition) is 1. The van der Waals surface area contributed by atoms with E-state index >= 15 is 0 Å². The molecular formula is C15H11ClF3N3O2. The number of alkyl halides is 3. The third-order valence-electron chi connectivity index (χ3n) is 3.53. The van der Waals surface area contributed by atoms with Crippen LogP contribution in [0.3, 0.4) is 0 Å². The van der Waals surface area contributed by atoms with Gasteiger partial charge >= 0.3 is 6.18 Å². The van der Waals surface area contributed by atoms with E-state index in [1.165, 1.54) is 0 Å². The molecule has 2 aromatic rings. The number of nitrogens with zero attached hydrogens (tertiary/aromatic N) is 2. The molecule has 0 saturated heterocycles. The Morgan fingerprint density at radius 2 is 2.12 bits per heavy atom. The van der Waals surface area contributed by atoms with Crippen LogP contribution in [0.25, 0.3) is 0 Å². The molecule has 0 saturated carbocycles. The minimum Gasteiger partial charge on any atom is -0.491 e. The van der Waals surface area contributed by atoms with Crippen LogP contribution in [0.15, 0.2) is 24.7 Å². The first kappa shape index (κ1) is 16.5. The monoisotopic (exact) mass is 357 g/mol. The van der Waals surface area contributed by atoms with Crippen molar-refractivity contribution in [3.63, 3.8) is 0 Å². The molecule has 3 heterocycles. The maximum atomic E-state index is 12.6. The van der Waals surface area contributed by atoms with Gasteiger partial charge in [-0.15, -0.1) is 0 Å². The molecule has 1 aliphatic rings. The van der Waals surface area contributed by atoms with Gasteiger partial charge in [0.1, 0.15) is 5.75 Å². The highest BCUT2D eigenvalue weighted by Gasteiger charge is 2.35. The highest BCUT2D eigenvalue weighted by molar-refractivity contribution is 6.31. The standard InChI is InChI=1S/C15H11ClF3N3O2/c16-11-3-8(5-21-13(11)15(17,18)19)14(23)22-6-9-4-20-7-12-10(9)1-2-24-12/h3-5,7H,1-2,6H2,(H,22,23). The topological polar surface area (TPSA) is 64.1 Å². The van der Waals surface area contributed by atoms with Crippen LogP contribution >= 0.6 is 11.6 Å². The van der Waals surface area contributed by atoms with Crippen LogP contribution in [0.2, 0.25) is 5.02 Å². The first-order chi connectivity index (χ1) is 11.4. The molecule has 3 rings (SSSR count). The SMILES string of the molecule is O=C(NCc1cncc2c1CCO2)c1cnc(C(F)(F)F)c(Cl)c1. The van der Waals surface area contributed by atoms with Crippen LogP contribution < -0.4 is 10.1 Å². The normalized spacial score (nSPS) is 13.3. The van der Waals surface area contributed by atoms with E-state index in [9.17, 15) is 18.0 Å². The van der Waals surface area contributed by atoms with Gasteiger partial charge < -0.3 is 10.1 Å². The van der Waals surface area contributed by atoms with Crippen molar-refractivity contribution in [1.82, 2.24) is 15.3 Å². The Bertz CT molecular complexity index is 796. The van der Waals surface area contributed by atoms with Crippen LogP contribution in [-0.2, 0) is 19.1 Å². The van der Waals surface area contributed by atoms with Gasteiger partial charge in [-0.1, -0.05) is 11.6 Å². The van der Waals surface area contributed by atoms with Crippen LogP contribution in [0.5, 0.6) is 5.75 Å². The number of fused-ring (bicyclic) bond motifs is 1. The lowest BCUT2D eigenvalue weighted by atomic mass is 10.1. The van der Waals surface area contributed by atoms with Gasteiger partial charge in [0, 0.05) is 30.9 Å². The number of carbonyl (C=O) groups is 1. The number of carbonyl (C=O) groups excluding carboxylic acids is 1. The molecule has 0 aliphatic carbocycles. The van der Waals surface area contributed by atoms with Gasteiger partial charge in [0.15, 0.2) is 5.69 Å². The predicted molar refractivity (Wildman–Crippen MR) is 78.9 cm³/mol.